The molecule has 0 bridgehead atoms. The predicted octanol–water partition coefficient (Wildman–Crippen LogP) is 3.19. The highest BCUT2D eigenvalue weighted by atomic mass is 32.1. The minimum Gasteiger partial charge on any atom is -0.391 e. The van der Waals surface area contributed by atoms with Crippen molar-refractivity contribution in [3.8, 4) is 0 Å². The van der Waals surface area contributed by atoms with E-state index >= 15 is 0 Å². The zero-order valence-electron chi connectivity index (χ0n) is 12.1. The van der Waals surface area contributed by atoms with Crippen LogP contribution in [0.4, 0.5) is 5.13 Å². The van der Waals surface area contributed by atoms with Crippen molar-refractivity contribution in [2.24, 2.45) is 5.92 Å². The number of nitrogens with zero attached hydrogens (tertiary/aromatic N) is 2. The number of nitrogens with one attached hydrogen (secondary N) is 1. The van der Waals surface area contributed by atoms with Crippen molar-refractivity contribution in [3.63, 3.8) is 0 Å². The van der Waals surface area contributed by atoms with Gasteiger partial charge in [0.1, 0.15) is 5.82 Å². The first-order valence-electron chi connectivity index (χ1n) is 7.23. The van der Waals surface area contributed by atoms with Gasteiger partial charge in [0, 0.05) is 23.5 Å². The van der Waals surface area contributed by atoms with Crippen LogP contribution in [0, 0.1) is 5.92 Å². The Hall–Kier alpha value is -0.680. The molecule has 5 heteroatoms. The molecule has 1 fully saturated rings. The van der Waals surface area contributed by atoms with Gasteiger partial charge in [-0.15, -0.1) is 0 Å². The molecule has 0 aliphatic heterocycles. The number of hydrogen-bond donors (Lipinski definition) is 2. The molecule has 1 aromatic heterocycles. The summed E-state index contributed by atoms with van der Waals surface area (Å²) < 4.78 is 4.36. The Labute approximate surface area is 119 Å². The third-order valence-corrected chi connectivity index (χ3v) is 4.43. The van der Waals surface area contributed by atoms with Crippen molar-refractivity contribution < 1.29 is 5.11 Å². The van der Waals surface area contributed by atoms with Crippen molar-refractivity contribution in [1.82, 2.24) is 9.36 Å². The molecule has 1 heterocycles. The summed E-state index contributed by atoms with van der Waals surface area (Å²) in [6.45, 7) is 6.91. The van der Waals surface area contributed by atoms with E-state index in [9.17, 15) is 5.11 Å². The number of aliphatic hydroxyl groups excluding tert-OH is 1. The van der Waals surface area contributed by atoms with Crippen LogP contribution in [0.25, 0.3) is 0 Å². The Morgan fingerprint density at radius 1 is 1.32 bits per heavy atom. The summed E-state index contributed by atoms with van der Waals surface area (Å²) >= 11 is 1.38. The normalized spacial score (nSPS) is 19.4. The summed E-state index contributed by atoms with van der Waals surface area (Å²) in [6, 6.07) is 0. The van der Waals surface area contributed by atoms with E-state index in [0.717, 1.165) is 23.8 Å². The molecule has 1 atom stereocenters. The molecule has 19 heavy (non-hydrogen) atoms. The van der Waals surface area contributed by atoms with Crippen LogP contribution >= 0.6 is 11.5 Å². The fraction of sp³-hybridized carbons (Fsp3) is 0.857. The monoisotopic (exact) mass is 283 g/mol. The van der Waals surface area contributed by atoms with Crippen LogP contribution in [0.2, 0.25) is 0 Å². The second kappa shape index (κ2) is 6.18. The SMILES string of the molecule is CC(C)(C)c1nsc(NCC(O)C2CCCCC2)n1. The van der Waals surface area contributed by atoms with Crippen molar-refractivity contribution >= 4 is 16.7 Å². The first-order chi connectivity index (χ1) is 8.97. The van der Waals surface area contributed by atoms with Crippen LogP contribution in [-0.4, -0.2) is 27.1 Å². The second-order valence-corrected chi connectivity index (χ2v) is 7.27. The van der Waals surface area contributed by atoms with E-state index in [1.165, 1.54) is 30.8 Å². The maximum absolute atomic E-state index is 10.2. The molecule has 0 radical (unpaired) electrons. The smallest absolute Gasteiger partial charge is 0.202 e. The quantitative estimate of drug-likeness (QED) is 0.891. The maximum Gasteiger partial charge on any atom is 0.202 e. The lowest BCUT2D eigenvalue weighted by atomic mass is 9.85. The lowest BCUT2D eigenvalue weighted by molar-refractivity contribution is 0.0956. The van der Waals surface area contributed by atoms with Gasteiger partial charge >= 0.3 is 0 Å². The summed E-state index contributed by atoms with van der Waals surface area (Å²) in [5.41, 5.74) is -0.0155. The number of aromatic nitrogens is 2. The number of aliphatic hydroxyl groups is 1. The van der Waals surface area contributed by atoms with E-state index in [4.69, 9.17) is 0 Å². The minimum atomic E-state index is -0.262. The highest BCUT2D eigenvalue weighted by molar-refractivity contribution is 7.09. The summed E-state index contributed by atoms with van der Waals surface area (Å²) in [5.74, 6) is 1.32. The van der Waals surface area contributed by atoms with E-state index in [0.29, 0.717) is 12.5 Å². The standard InChI is InChI=1S/C14H25N3OS/c1-14(2,3)12-16-13(19-17-12)15-9-11(18)10-7-5-4-6-8-10/h10-11,18H,4-9H2,1-3H3,(H,15,16,17). The fourth-order valence-electron chi connectivity index (χ4n) is 2.48. The first-order valence-corrected chi connectivity index (χ1v) is 8.00. The first kappa shape index (κ1) is 14.7. The molecule has 2 N–H and O–H groups in total. The Balaban J connectivity index is 1.83. The molecule has 2 rings (SSSR count). The number of rotatable bonds is 4. The summed E-state index contributed by atoms with van der Waals surface area (Å²) in [4.78, 5) is 4.48. The van der Waals surface area contributed by atoms with E-state index in [-0.39, 0.29) is 11.5 Å². The number of hydrogen-bond acceptors (Lipinski definition) is 5. The zero-order chi connectivity index (χ0) is 13.9. The fourth-order valence-corrected chi connectivity index (χ4v) is 3.24. The third kappa shape index (κ3) is 4.14. The van der Waals surface area contributed by atoms with Gasteiger partial charge in [0.05, 0.1) is 6.10 Å². The van der Waals surface area contributed by atoms with Gasteiger partial charge in [-0.05, 0) is 18.8 Å². The van der Waals surface area contributed by atoms with Gasteiger partial charge in [-0.2, -0.15) is 4.37 Å². The molecule has 1 unspecified atom stereocenters. The number of anilines is 1. The molecule has 4 nitrogen and oxygen atoms in total. The van der Waals surface area contributed by atoms with Gasteiger partial charge in [0.25, 0.3) is 0 Å². The maximum atomic E-state index is 10.2. The van der Waals surface area contributed by atoms with E-state index in [2.05, 4.69) is 35.4 Å². The molecular formula is C14H25N3OS. The van der Waals surface area contributed by atoms with Gasteiger partial charge in [0.2, 0.25) is 5.13 Å². The van der Waals surface area contributed by atoms with Crippen molar-refractivity contribution in [2.45, 2.75) is 64.4 Å². The highest BCUT2D eigenvalue weighted by Crippen LogP contribution is 2.27. The lowest BCUT2D eigenvalue weighted by Crippen LogP contribution is -2.29. The summed E-state index contributed by atoms with van der Waals surface area (Å²) in [6.07, 6.45) is 5.89. The molecule has 0 aromatic carbocycles. The van der Waals surface area contributed by atoms with Crippen molar-refractivity contribution in [3.05, 3.63) is 5.82 Å². The summed E-state index contributed by atoms with van der Waals surface area (Å²) in [7, 11) is 0. The zero-order valence-corrected chi connectivity index (χ0v) is 13.0. The van der Waals surface area contributed by atoms with E-state index < -0.39 is 0 Å². The van der Waals surface area contributed by atoms with E-state index in [1.807, 2.05) is 0 Å². The van der Waals surface area contributed by atoms with Crippen molar-refractivity contribution in [1.29, 1.82) is 0 Å². The molecule has 0 spiro atoms. The molecule has 108 valence electrons. The van der Waals surface area contributed by atoms with Crippen LogP contribution in [0.3, 0.4) is 0 Å². The average Bonchev–Trinajstić information content (AvgIpc) is 2.86. The third-order valence-electron chi connectivity index (χ3n) is 3.75. The van der Waals surface area contributed by atoms with Crippen LogP contribution in [0.1, 0.15) is 58.7 Å². The highest BCUT2D eigenvalue weighted by Gasteiger charge is 2.23. The Bertz CT molecular complexity index is 394. The lowest BCUT2D eigenvalue weighted by Gasteiger charge is -2.26. The Morgan fingerprint density at radius 3 is 2.58 bits per heavy atom. The van der Waals surface area contributed by atoms with Crippen LogP contribution in [0.5, 0.6) is 0 Å². The molecule has 0 saturated heterocycles. The van der Waals surface area contributed by atoms with Gasteiger partial charge in [-0.3, -0.25) is 0 Å². The minimum absolute atomic E-state index is 0.0155. The molecule has 1 aromatic rings. The van der Waals surface area contributed by atoms with Crippen molar-refractivity contribution in [2.75, 3.05) is 11.9 Å². The second-order valence-electron chi connectivity index (χ2n) is 6.52. The Kier molecular flexibility index (Phi) is 4.79. The van der Waals surface area contributed by atoms with E-state index in [1.54, 1.807) is 0 Å². The van der Waals surface area contributed by atoms with Crippen LogP contribution in [0.15, 0.2) is 0 Å². The topological polar surface area (TPSA) is 58.0 Å². The largest absolute Gasteiger partial charge is 0.391 e. The van der Waals surface area contributed by atoms with Gasteiger partial charge in [-0.25, -0.2) is 4.98 Å². The molecule has 1 saturated carbocycles. The average molecular weight is 283 g/mol. The molecular weight excluding hydrogens is 258 g/mol. The summed E-state index contributed by atoms with van der Waals surface area (Å²) in [5, 5.41) is 14.2. The molecule has 1 aliphatic carbocycles. The van der Waals surface area contributed by atoms with Crippen LogP contribution in [-0.2, 0) is 5.41 Å². The van der Waals surface area contributed by atoms with Crippen LogP contribution < -0.4 is 5.32 Å². The van der Waals surface area contributed by atoms with Gasteiger partial charge in [0.15, 0.2) is 0 Å². The molecule has 1 aliphatic rings. The predicted molar refractivity (Wildman–Crippen MR) is 79.7 cm³/mol. The van der Waals surface area contributed by atoms with Gasteiger partial charge < -0.3 is 10.4 Å². The Morgan fingerprint density at radius 2 is 2.00 bits per heavy atom. The molecule has 0 amide bonds. The van der Waals surface area contributed by atoms with Gasteiger partial charge in [-0.1, -0.05) is 40.0 Å².